The number of ether oxygens (including phenoxy) is 1. The maximum Gasteiger partial charge on any atom is 0.490 e. The van der Waals surface area contributed by atoms with Gasteiger partial charge < -0.3 is 40.3 Å². The normalized spacial score (nSPS) is 28.5. The monoisotopic (exact) mass is 507 g/mol. The third kappa shape index (κ3) is 5.71. The van der Waals surface area contributed by atoms with E-state index in [-0.39, 0.29) is 17.0 Å². The average Bonchev–Trinajstić information content (AvgIpc) is 3.13. The summed E-state index contributed by atoms with van der Waals surface area (Å²) in [4.78, 5) is 47.2. The lowest BCUT2D eigenvalue weighted by atomic mass is 10.1. The molecule has 3 heterocycles. The van der Waals surface area contributed by atoms with Crippen molar-refractivity contribution in [3.05, 3.63) is 12.7 Å². The first-order chi connectivity index (χ1) is 14.2. The summed E-state index contributed by atoms with van der Waals surface area (Å²) >= 11 is 0. The molecule has 0 amide bonds. The molecule has 6 atom stereocenters. The fraction of sp³-hybridized carbons (Fsp3) is 0.500. The van der Waals surface area contributed by atoms with Gasteiger partial charge in [-0.1, -0.05) is 0 Å². The Morgan fingerprint density at radius 3 is 2.35 bits per heavy atom. The molecular weight excluding hydrogens is 491 g/mol. The van der Waals surface area contributed by atoms with Gasteiger partial charge >= 0.3 is 23.5 Å². The summed E-state index contributed by atoms with van der Waals surface area (Å²) in [6, 6.07) is 0. The highest BCUT2D eigenvalue weighted by molar-refractivity contribution is 7.66. The lowest BCUT2D eigenvalue weighted by Gasteiger charge is -2.19. The van der Waals surface area contributed by atoms with Crippen LogP contribution in [0.25, 0.3) is 11.2 Å². The van der Waals surface area contributed by atoms with Crippen LogP contribution in [0.2, 0.25) is 0 Å². The number of aromatic nitrogens is 4. The van der Waals surface area contributed by atoms with E-state index in [9.17, 15) is 28.8 Å². The van der Waals surface area contributed by atoms with Crippen LogP contribution in [0.3, 0.4) is 0 Å². The predicted octanol–water partition coefficient (Wildman–Crippen LogP) is -1.63. The molecule has 0 saturated carbocycles. The molecule has 3 rings (SSSR count). The zero-order chi connectivity index (χ0) is 23.2. The van der Waals surface area contributed by atoms with Crippen LogP contribution in [0, 0.1) is 0 Å². The van der Waals surface area contributed by atoms with Crippen LogP contribution in [0.15, 0.2) is 12.7 Å². The molecule has 0 aromatic carbocycles. The van der Waals surface area contributed by atoms with Gasteiger partial charge in [-0.15, -0.1) is 0 Å². The summed E-state index contributed by atoms with van der Waals surface area (Å²) in [6.45, 7) is -0.956. The maximum atomic E-state index is 11.8. The van der Waals surface area contributed by atoms with Crippen molar-refractivity contribution in [2.45, 2.75) is 24.5 Å². The van der Waals surface area contributed by atoms with E-state index in [0.29, 0.717) is 0 Å². The number of aliphatic hydroxyl groups is 2. The molecule has 0 spiro atoms. The van der Waals surface area contributed by atoms with E-state index in [1.807, 2.05) is 0 Å². The number of nitrogens with two attached hydrogens (primary N) is 1. The number of hydrogen-bond acceptors (Lipinski definition) is 13. The fourth-order valence-corrected chi connectivity index (χ4v) is 5.65. The average molecular weight is 507 g/mol. The van der Waals surface area contributed by atoms with Gasteiger partial charge in [-0.2, -0.15) is 8.62 Å². The van der Waals surface area contributed by atoms with Gasteiger partial charge in [0.05, 0.1) is 12.9 Å². The van der Waals surface area contributed by atoms with Crippen LogP contribution in [-0.4, -0.2) is 74.2 Å². The van der Waals surface area contributed by atoms with Gasteiger partial charge in [-0.05, 0) is 0 Å². The lowest BCUT2D eigenvalue weighted by molar-refractivity contribution is -0.0503. The van der Waals surface area contributed by atoms with Gasteiger partial charge in [0.25, 0.3) is 0 Å². The predicted molar refractivity (Wildman–Crippen MR) is 95.5 cm³/mol. The van der Waals surface area contributed by atoms with E-state index in [2.05, 4.69) is 28.1 Å². The number of nitrogen functional groups attached to an aromatic ring is 1. The molecule has 2 aromatic heterocycles. The van der Waals surface area contributed by atoms with Crippen molar-refractivity contribution in [1.29, 1.82) is 0 Å². The zero-order valence-electron chi connectivity index (χ0n) is 14.9. The minimum absolute atomic E-state index is 0.0426. The van der Waals surface area contributed by atoms with Gasteiger partial charge in [0, 0.05) is 0 Å². The number of rotatable bonds is 8. The molecule has 0 bridgehead atoms. The largest absolute Gasteiger partial charge is 0.490 e. The second-order valence-corrected chi connectivity index (χ2v) is 10.4. The number of nitrogens with zero attached hydrogens (tertiary/aromatic N) is 4. The standard InChI is InChI=1S/C10H16N5O13P3/c11-8-5-9(13-2-12-8)15(3-14-5)10-7(17)6(16)4(26-10)1-25-30(21,22)28-31(23,24)27-29(18,19)20/h2-4,6-7,10,16-17H,1H2,(H,21,22)(H,23,24)(H2,11,12,13)(H2,18,19,20)/t4-,6?,7-,10-/m1/s1. The Morgan fingerprint density at radius 2 is 1.71 bits per heavy atom. The highest BCUT2D eigenvalue weighted by atomic mass is 31.3. The molecule has 1 saturated heterocycles. The van der Waals surface area contributed by atoms with Crippen molar-refractivity contribution in [3.63, 3.8) is 0 Å². The zero-order valence-corrected chi connectivity index (χ0v) is 17.6. The molecule has 0 radical (unpaired) electrons. The highest BCUT2D eigenvalue weighted by Crippen LogP contribution is 2.66. The van der Waals surface area contributed by atoms with Crippen LogP contribution in [0.4, 0.5) is 5.82 Å². The number of aliphatic hydroxyl groups excluding tert-OH is 2. The molecule has 8 N–H and O–H groups in total. The van der Waals surface area contributed by atoms with Gasteiger partial charge in [0.15, 0.2) is 17.7 Å². The molecule has 2 aromatic rings. The van der Waals surface area contributed by atoms with Crippen LogP contribution < -0.4 is 5.73 Å². The van der Waals surface area contributed by atoms with Gasteiger partial charge in [-0.3, -0.25) is 9.09 Å². The smallest absolute Gasteiger partial charge is 0.387 e. The van der Waals surface area contributed by atoms with E-state index in [4.69, 9.17) is 25.2 Å². The first-order valence-electron chi connectivity index (χ1n) is 7.92. The van der Waals surface area contributed by atoms with Crippen molar-refractivity contribution < 1.29 is 61.4 Å². The molecule has 3 unspecified atom stereocenters. The minimum Gasteiger partial charge on any atom is -0.387 e. The fourth-order valence-electron chi connectivity index (χ4n) is 2.62. The molecule has 1 fully saturated rings. The van der Waals surface area contributed by atoms with Crippen molar-refractivity contribution in [2.24, 2.45) is 0 Å². The molecule has 174 valence electrons. The number of hydrogen-bond donors (Lipinski definition) is 7. The summed E-state index contributed by atoms with van der Waals surface area (Å²) in [7, 11) is -16.7. The number of phosphoric ester groups is 1. The SMILES string of the molecule is Nc1ncnc2c1ncn2[C@@H]1O[C@H](COP(=O)(O)OP(=O)(O)OP(=O)(O)O)C(O)[C@H]1O. The third-order valence-electron chi connectivity index (χ3n) is 3.82. The van der Waals surface area contributed by atoms with Crippen molar-refractivity contribution in [2.75, 3.05) is 12.3 Å². The van der Waals surface area contributed by atoms with Crippen LogP contribution in [0.1, 0.15) is 6.23 Å². The number of anilines is 1. The van der Waals surface area contributed by atoms with E-state index >= 15 is 0 Å². The second-order valence-electron chi connectivity index (χ2n) is 6.02. The van der Waals surface area contributed by atoms with Gasteiger partial charge in [-0.25, -0.2) is 28.6 Å². The molecule has 31 heavy (non-hydrogen) atoms. The number of phosphoric acid groups is 3. The van der Waals surface area contributed by atoms with Gasteiger partial charge in [0.1, 0.15) is 30.2 Å². The number of imidazole rings is 1. The molecular formula is C10H16N5O13P3. The van der Waals surface area contributed by atoms with Crippen LogP contribution >= 0.6 is 23.5 Å². The van der Waals surface area contributed by atoms with E-state index < -0.39 is 54.6 Å². The van der Waals surface area contributed by atoms with Crippen molar-refractivity contribution >= 4 is 40.4 Å². The van der Waals surface area contributed by atoms with Crippen molar-refractivity contribution in [1.82, 2.24) is 19.5 Å². The number of fused-ring (bicyclic) bond motifs is 1. The molecule has 1 aliphatic heterocycles. The van der Waals surface area contributed by atoms with Gasteiger partial charge in [0.2, 0.25) is 0 Å². The van der Waals surface area contributed by atoms with Crippen LogP contribution in [-0.2, 0) is 31.6 Å². The second kappa shape index (κ2) is 8.53. The van der Waals surface area contributed by atoms with E-state index in [1.165, 1.54) is 10.9 Å². The molecule has 21 heteroatoms. The first-order valence-corrected chi connectivity index (χ1v) is 12.4. The molecule has 1 aliphatic rings. The Hall–Kier alpha value is -1.36. The van der Waals surface area contributed by atoms with Crippen molar-refractivity contribution in [3.8, 4) is 0 Å². The Balaban J connectivity index is 1.69. The maximum absolute atomic E-state index is 11.8. The lowest BCUT2D eigenvalue weighted by Crippen LogP contribution is -2.33. The Labute approximate surface area is 171 Å². The summed E-state index contributed by atoms with van der Waals surface area (Å²) < 4.78 is 51.9. The Morgan fingerprint density at radius 1 is 1.03 bits per heavy atom. The summed E-state index contributed by atoms with van der Waals surface area (Å²) in [5.74, 6) is 0.0426. The minimum atomic E-state index is -5.70. The quantitative estimate of drug-likeness (QED) is 0.197. The van der Waals surface area contributed by atoms with E-state index in [1.54, 1.807) is 0 Å². The summed E-state index contributed by atoms with van der Waals surface area (Å²) in [5, 5.41) is 20.4. The highest BCUT2D eigenvalue weighted by Gasteiger charge is 2.47. The topological polar surface area (TPSA) is 279 Å². The molecule has 18 nitrogen and oxygen atoms in total. The summed E-state index contributed by atoms with van der Waals surface area (Å²) in [6.07, 6.45) is -3.69. The first kappa shape index (κ1) is 24.3. The Bertz CT molecular complexity index is 1100. The van der Waals surface area contributed by atoms with E-state index in [0.717, 1.165) is 6.33 Å². The van der Waals surface area contributed by atoms with Crippen LogP contribution in [0.5, 0.6) is 0 Å². The Kier molecular flexibility index (Phi) is 6.68. The summed E-state index contributed by atoms with van der Waals surface area (Å²) in [5.41, 5.74) is 6.00. The molecule has 0 aliphatic carbocycles. The third-order valence-corrected chi connectivity index (χ3v) is 7.62.